The lowest BCUT2D eigenvalue weighted by Crippen LogP contribution is -2.03. The molecule has 0 saturated carbocycles. The molecule has 2 aromatic carbocycles. The number of hydrogen-bond donors (Lipinski definition) is 4. The molecule has 5 nitrogen and oxygen atoms in total. The number of phenols is 3. The monoisotopic (exact) mass is 269 g/mol. The lowest BCUT2D eigenvalue weighted by molar-refractivity contribution is 0.371. The van der Waals surface area contributed by atoms with Gasteiger partial charge in [0.15, 0.2) is 16.9 Å². The first-order valence-corrected chi connectivity index (χ1v) is 5.94. The number of H-pyrrole nitrogens is 1. The molecule has 0 saturated heterocycles. The van der Waals surface area contributed by atoms with Gasteiger partial charge in [0.1, 0.15) is 0 Å². The van der Waals surface area contributed by atoms with E-state index in [4.69, 9.17) is 0 Å². The first-order chi connectivity index (χ1) is 9.58. The van der Waals surface area contributed by atoms with Crippen molar-refractivity contribution in [3.63, 3.8) is 0 Å². The van der Waals surface area contributed by atoms with Crippen molar-refractivity contribution in [1.82, 2.24) is 4.98 Å². The van der Waals surface area contributed by atoms with Crippen LogP contribution < -0.4 is 5.43 Å². The van der Waals surface area contributed by atoms with Crippen LogP contribution in [0.2, 0.25) is 0 Å². The van der Waals surface area contributed by atoms with E-state index in [0.717, 1.165) is 5.56 Å². The fraction of sp³-hybridized carbons (Fsp3) is 0. The summed E-state index contributed by atoms with van der Waals surface area (Å²) in [5.41, 5.74) is 1.18. The Balaban J connectivity index is 2.36. The van der Waals surface area contributed by atoms with E-state index in [1.165, 1.54) is 12.1 Å². The molecule has 5 heteroatoms. The Morgan fingerprint density at radius 1 is 0.900 bits per heavy atom. The van der Waals surface area contributed by atoms with E-state index in [-0.39, 0.29) is 10.9 Å². The van der Waals surface area contributed by atoms with Gasteiger partial charge < -0.3 is 20.3 Å². The Morgan fingerprint density at radius 3 is 2.30 bits per heavy atom. The van der Waals surface area contributed by atoms with Crippen LogP contribution in [0.1, 0.15) is 0 Å². The third-order valence-corrected chi connectivity index (χ3v) is 3.13. The average Bonchev–Trinajstić information content (AvgIpc) is 2.45. The maximum absolute atomic E-state index is 12.1. The minimum Gasteiger partial charge on any atom is -0.504 e. The van der Waals surface area contributed by atoms with E-state index in [9.17, 15) is 20.1 Å². The number of rotatable bonds is 1. The highest BCUT2D eigenvalue weighted by atomic mass is 16.3. The van der Waals surface area contributed by atoms with Crippen molar-refractivity contribution in [2.24, 2.45) is 0 Å². The summed E-state index contributed by atoms with van der Waals surface area (Å²) in [6.45, 7) is 0. The van der Waals surface area contributed by atoms with Crippen LogP contribution in [0.25, 0.3) is 22.2 Å². The van der Waals surface area contributed by atoms with E-state index in [2.05, 4.69) is 4.98 Å². The van der Waals surface area contributed by atoms with Crippen molar-refractivity contribution in [2.75, 3.05) is 0 Å². The molecule has 100 valence electrons. The average molecular weight is 269 g/mol. The fourth-order valence-electron chi connectivity index (χ4n) is 2.15. The molecule has 0 aliphatic carbocycles. The molecule has 0 bridgehead atoms. The van der Waals surface area contributed by atoms with E-state index >= 15 is 0 Å². The van der Waals surface area contributed by atoms with Crippen molar-refractivity contribution in [2.45, 2.75) is 0 Å². The van der Waals surface area contributed by atoms with E-state index in [0.29, 0.717) is 5.69 Å². The molecule has 1 aromatic heterocycles. The molecule has 0 unspecified atom stereocenters. The second kappa shape index (κ2) is 4.31. The Bertz CT molecular complexity index is 853. The van der Waals surface area contributed by atoms with Crippen LogP contribution in [0.3, 0.4) is 0 Å². The molecule has 1 heterocycles. The van der Waals surface area contributed by atoms with Crippen LogP contribution in [-0.2, 0) is 0 Å². The van der Waals surface area contributed by atoms with Crippen molar-refractivity contribution in [3.8, 4) is 28.5 Å². The number of aromatic hydroxyl groups is 3. The number of pyridine rings is 1. The maximum atomic E-state index is 12.1. The van der Waals surface area contributed by atoms with Crippen molar-refractivity contribution >= 4 is 10.9 Å². The summed E-state index contributed by atoms with van der Waals surface area (Å²) in [6.07, 6.45) is 0. The zero-order valence-electron chi connectivity index (χ0n) is 10.3. The summed E-state index contributed by atoms with van der Waals surface area (Å²) in [5, 5.41) is 28.7. The molecule has 0 radical (unpaired) electrons. The Morgan fingerprint density at radius 2 is 1.60 bits per heavy atom. The number of fused-ring (bicyclic) bond motifs is 1. The van der Waals surface area contributed by atoms with Crippen LogP contribution in [0.4, 0.5) is 0 Å². The second-order valence-electron chi connectivity index (χ2n) is 4.43. The highest BCUT2D eigenvalue weighted by Crippen LogP contribution is 2.39. The van der Waals surface area contributed by atoms with Gasteiger partial charge in [-0.25, -0.2) is 0 Å². The molecule has 0 amide bonds. The minimum atomic E-state index is -0.699. The van der Waals surface area contributed by atoms with Gasteiger partial charge in [0.2, 0.25) is 5.75 Å². The summed E-state index contributed by atoms with van der Waals surface area (Å²) >= 11 is 0. The lowest BCUT2D eigenvalue weighted by atomic mass is 10.1. The maximum Gasteiger partial charge on any atom is 0.201 e. The van der Waals surface area contributed by atoms with Gasteiger partial charge in [-0.2, -0.15) is 0 Å². The highest BCUT2D eigenvalue weighted by molar-refractivity contribution is 5.91. The summed E-state index contributed by atoms with van der Waals surface area (Å²) in [7, 11) is 0. The Kier molecular flexibility index (Phi) is 2.61. The van der Waals surface area contributed by atoms with E-state index in [1.54, 1.807) is 0 Å². The molecule has 20 heavy (non-hydrogen) atoms. The predicted molar refractivity (Wildman–Crippen MR) is 75.0 cm³/mol. The number of nitrogens with one attached hydrogen (secondary N) is 1. The van der Waals surface area contributed by atoms with Crippen LogP contribution in [0, 0.1) is 0 Å². The number of hydrogen-bond acceptors (Lipinski definition) is 4. The van der Waals surface area contributed by atoms with Crippen molar-refractivity contribution < 1.29 is 15.3 Å². The molecule has 3 rings (SSSR count). The third-order valence-electron chi connectivity index (χ3n) is 3.13. The third kappa shape index (κ3) is 1.76. The molecule has 3 aromatic rings. The standard InChI is InChI=1S/C15H11NO4/c17-11-6-9(8-4-2-1-3-5-8)16-10-7-12(18)14(19)15(20)13(10)11/h1-7,18-20H,(H,16,17). The van der Waals surface area contributed by atoms with Gasteiger partial charge in [0.25, 0.3) is 0 Å². The van der Waals surface area contributed by atoms with Crippen molar-refractivity contribution in [3.05, 3.63) is 52.7 Å². The van der Waals surface area contributed by atoms with Gasteiger partial charge >= 0.3 is 0 Å². The molecule has 0 aliphatic heterocycles. The zero-order chi connectivity index (χ0) is 14.3. The largest absolute Gasteiger partial charge is 0.504 e. The molecule has 4 N–H and O–H groups in total. The van der Waals surface area contributed by atoms with Crippen LogP contribution in [-0.4, -0.2) is 20.3 Å². The van der Waals surface area contributed by atoms with Gasteiger partial charge in [0.05, 0.1) is 10.9 Å². The Hall–Kier alpha value is -2.95. The molecule has 0 atom stereocenters. The number of aromatic nitrogens is 1. The highest BCUT2D eigenvalue weighted by Gasteiger charge is 2.15. The normalized spacial score (nSPS) is 10.8. The molecule has 0 aliphatic rings. The Labute approximate surface area is 113 Å². The zero-order valence-corrected chi connectivity index (χ0v) is 10.3. The minimum absolute atomic E-state index is 0.0556. The second-order valence-corrected chi connectivity index (χ2v) is 4.43. The van der Waals surface area contributed by atoms with E-state index < -0.39 is 22.7 Å². The first-order valence-electron chi connectivity index (χ1n) is 5.94. The fourth-order valence-corrected chi connectivity index (χ4v) is 2.15. The molecular formula is C15H11NO4. The van der Waals surface area contributed by atoms with Gasteiger partial charge in [-0.3, -0.25) is 4.79 Å². The number of phenolic OH excluding ortho intramolecular Hbond substituents is 3. The van der Waals surface area contributed by atoms with Gasteiger partial charge in [0, 0.05) is 17.8 Å². The summed E-state index contributed by atoms with van der Waals surface area (Å²) in [4.78, 5) is 15.0. The SMILES string of the molecule is O=c1cc(-c2ccccc2)[nH]c2cc(O)c(O)c(O)c12. The smallest absolute Gasteiger partial charge is 0.201 e. The molecular weight excluding hydrogens is 258 g/mol. The van der Waals surface area contributed by atoms with Crippen LogP contribution in [0.15, 0.2) is 47.3 Å². The molecule has 0 fully saturated rings. The summed E-state index contributed by atoms with van der Waals surface area (Å²) in [6, 6.07) is 11.7. The van der Waals surface area contributed by atoms with Crippen molar-refractivity contribution in [1.29, 1.82) is 0 Å². The van der Waals surface area contributed by atoms with Crippen LogP contribution >= 0.6 is 0 Å². The number of benzene rings is 2. The van der Waals surface area contributed by atoms with Gasteiger partial charge in [-0.05, 0) is 5.56 Å². The number of aromatic amines is 1. The van der Waals surface area contributed by atoms with Crippen LogP contribution in [0.5, 0.6) is 17.2 Å². The van der Waals surface area contributed by atoms with E-state index in [1.807, 2.05) is 30.3 Å². The van der Waals surface area contributed by atoms with Gasteiger partial charge in [-0.1, -0.05) is 30.3 Å². The summed E-state index contributed by atoms with van der Waals surface area (Å²) in [5.74, 6) is -1.81. The molecule has 0 spiro atoms. The van der Waals surface area contributed by atoms with Gasteiger partial charge in [-0.15, -0.1) is 0 Å². The topological polar surface area (TPSA) is 93.6 Å². The summed E-state index contributed by atoms with van der Waals surface area (Å²) < 4.78 is 0. The lowest BCUT2D eigenvalue weighted by Gasteiger charge is -2.08. The predicted octanol–water partition coefficient (Wildman–Crippen LogP) is 2.31. The quantitative estimate of drug-likeness (QED) is 0.510. The first kappa shape index (κ1) is 12.1.